The van der Waals surface area contributed by atoms with E-state index in [4.69, 9.17) is 5.73 Å². The fourth-order valence-corrected chi connectivity index (χ4v) is 3.17. The van der Waals surface area contributed by atoms with Crippen molar-refractivity contribution in [2.24, 2.45) is 5.73 Å². The van der Waals surface area contributed by atoms with Crippen molar-refractivity contribution in [3.8, 4) is 0 Å². The van der Waals surface area contributed by atoms with Crippen molar-refractivity contribution in [2.45, 2.75) is 38.8 Å². The number of nitrogens with one attached hydrogen (secondary N) is 1. The van der Waals surface area contributed by atoms with Crippen LogP contribution in [0.5, 0.6) is 0 Å². The number of carbonyl (C=O) groups is 2. The number of hydrogen-bond donors (Lipinski definition) is 2. The molecule has 1 fully saturated rings. The Bertz CT molecular complexity index is 887. The first kappa shape index (κ1) is 15.4. The van der Waals surface area contributed by atoms with Gasteiger partial charge in [-0.3, -0.25) is 24.3 Å². The zero-order valence-electron chi connectivity index (χ0n) is 13.0. The van der Waals surface area contributed by atoms with Crippen molar-refractivity contribution in [3.05, 3.63) is 39.9 Å². The first-order chi connectivity index (χ1) is 10.9. The normalized spacial score (nSPS) is 21.5. The van der Waals surface area contributed by atoms with Crippen molar-refractivity contribution < 1.29 is 9.59 Å². The van der Waals surface area contributed by atoms with E-state index in [1.807, 2.05) is 0 Å². The molecule has 0 saturated carbocycles. The number of imide groups is 1. The Balaban J connectivity index is 2.32. The fourth-order valence-electron chi connectivity index (χ4n) is 3.17. The zero-order chi connectivity index (χ0) is 16.8. The summed E-state index contributed by atoms with van der Waals surface area (Å²) in [6, 6.07) is 5.33. The molecule has 1 atom stereocenters. The number of benzene rings is 1. The molecule has 3 N–H and O–H groups in total. The summed E-state index contributed by atoms with van der Waals surface area (Å²) >= 11 is 0. The Labute approximate surface area is 132 Å². The zero-order valence-corrected chi connectivity index (χ0v) is 13.0. The molecule has 3 rings (SSSR count). The third kappa shape index (κ3) is 2.24. The smallest absolute Gasteiger partial charge is 0.262 e. The molecule has 0 bridgehead atoms. The van der Waals surface area contributed by atoms with E-state index in [9.17, 15) is 14.4 Å². The lowest BCUT2D eigenvalue weighted by Crippen LogP contribution is -2.56. The van der Waals surface area contributed by atoms with Gasteiger partial charge >= 0.3 is 0 Å². The Morgan fingerprint density at radius 2 is 2.09 bits per heavy atom. The number of nitrogens with two attached hydrogens (primary N) is 1. The first-order valence-electron chi connectivity index (χ1n) is 7.44. The van der Waals surface area contributed by atoms with E-state index in [2.05, 4.69) is 10.3 Å². The second kappa shape index (κ2) is 5.27. The van der Waals surface area contributed by atoms with Gasteiger partial charge in [0.2, 0.25) is 5.91 Å². The van der Waals surface area contributed by atoms with E-state index in [1.54, 1.807) is 32.0 Å². The minimum Gasteiger partial charge on any atom is -0.326 e. The molecule has 0 spiro atoms. The third-order valence-electron chi connectivity index (χ3n) is 4.45. The topological polar surface area (TPSA) is 107 Å². The standard InChI is InChI=1S/C16H18N4O3/c1-9-18-11-5-3-4-10(8-17)13(11)14(22)20(9)16(2)7-6-12(21)19-15(16)23/h3-5H,6-8,17H2,1-2H3,(H,19,21,23)/t16-/m0/s1. The molecule has 23 heavy (non-hydrogen) atoms. The van der Waals surface area contributed by atoms with Crippen LogP contribution in [0.2, 0.25) is 0 Å². The van der Waals surface area contributed by atoms with Crippen LogP contribution in [-0.2, 0) is 21.7 Å². The molecule has 2 amide bonds. The highest BCUT2D eigenvalue weighted by atomic mass is 16.2. The summed E-state index contributed by atoms with van der Waals surface area (Å²) in [5, 5.41) is 2.73. The van der Waals surface area contributed by atoms with Gasteiger partial charge in [-0.1, -0.05) is 12.1 Å². The van der Waals surface area contributed by atoms with Gasteiger partial charge in [-0.25, -0.2) is 4.98 Å². The van der Waals surface area contributed by atoms with E-state index in [0.717, 1.165) is 0 Å². The number of aryl methyl sites for hydroxylation is 1. The van der Waals surface area contributed by atoms with Crippen molar-refractivity contribution >= 4 is 22.7 Å². The lowest BCUT2D eigenvalue weighted by atomic mass is 9.90. The fraction of sp³-hybridized carbons (Fsp3) is 0.375. The van der Waals surface area contributed by atoms with Gasteiger partial charge in [0.15, 0.2) is 0 Å². The van der Waals surface area contributed by atoms with Gasteiger partial charge in [0, 0.05) is 13.0 Å². The number of fused-ring (bicyclic) bond motifs is 1. The molecule has 7 nitrogen and oxygen atoms in total. The SMILES string of the molecule is Cc1nc2cccc(CN)c2c(=O)n1[C@@]1(C)CCC(=O)NC1=O. The molecule has 0 unspecified atom stereocenters. The molecule has 7 heteroatoms. The average molecular weight is 314 g/mol. The van der Waals surface area contributed by atoms with Crippen LogP contribution in [-0.4, -0.2) is 21.4 Å². The number of carbonyl (C=O) groups excluding carboxylic acids is 2. The predicted molar refractivity (Wildman–Crippen MR) is 84.7 cm³/mol. The summed E-state index contributed by atoms with van der Waals surface area (Å²) in [5.41, 5.74) is 5.53. The lowest BCUT2D eigenvalue weighted by Gasteiger charge is -2.34. The molecule has 1 saturated heterocycles. The number of amides is 2. The average Bonchev–Trinajstić information content (AvgIpc) is 2.50. The molecule has 1 aliphatic rings. The van der Waals surface area contributed by atoms with E-state index < -0.39 is 11.4 Å². The highest BCUT2D eigenvalue weighted by Crippen LogP contribution is 2.27. The summed E-state index contributed by atoms with van der Waals surface area (Å²) < 4.78 is 1.39. The minimum absolute atomic E-state index is 0.185. The largest absolute Gasteiger partial charge is 0.326 e. The Kier molecular flexibility index (Phi) is 3.52. The van der Waals surface area contributed by atoms with Gasteiger partial charge in [-0.15, -0.1) is 0 Å². The van der Waals surface area contributed by atoms with Gasteiger partial charge in [0.1, 0.15) is 11.4 Å². The number of nitrogens with zero attached hydrogens (tertiary/aromatic N) is 2. The van der Waals surface area contributed by atoms with Crippen LogP contribution < -0.4 is 16.6 Å². The molecular formula is C16H18N4O3. The molecule has 2 aromatic rings. The Morgan fingerprint density at radius 3 is 2.74 bits per heavy atom. The Hall–Kier alpha value is -2.54. The van der Waals surface area contributed by atoms with Crippen molar-refractivity contribution in [3.63, 3.8) is 0 Å². The number of hydrogen-bond acceptors (Lipinski definition) is 5. The maximum atomic E-state index is 13.1. The van der Waals surface area contributed by atoms with Gasteiger partial charge in [-0.2, -0.15) is 0 Å². The first-order valence-corrected chi connectivity index (χ1v) is 7.44. The number of piperidine rings is 1. The summed E-state index contributed by atoms with van der Waals surface area (Å²) in [5.74, 6) is -0.372. The van der Waals surface area contributed by atoms with Crippen LogP contribution in [0.15, 0.2) is 23.0 Å². The quantitative estimate of drug-likeness (QED) is 0.776. The highest BCUT2D eigenvalue weighted by molar-refractivity contribution is 6.01. The molecule has 1 aromatic heterocycles. The summed E-state index contributed by atoms with van der Waals surface area (Å²) in [6.45, 7) is 3.55. The highest BCUT2D eigenvalue weighted by Gasteiger charge is 2.42. The predicted octanol–water partition coefficient (Wildman–Crippen LogP) is 0.315. The minimum atomic E-state index is -1.14. The molecule has 0 radical (unpaired) electrons. The van der Waals surface area contributed by atoms with Crippen LogP contribution >= 0.6 is 0 Å². The number of rotatable bonds is 2. The van der Waals surface area contributed by atoms with Gasteiger partial charge in [0.25, 0.3) is 11.5 Å². The van der Waals surface area contributed by atoms with Gasteiger partial charge in [-0.05, 0) is 31.9 Å². The third-order valence-corrected chi connectivity index (χ3v) is 4.45. The second-order valence-corrected chi connectivity index (χ2v) is 5.97. The summed E-state index contributed by atoms with van der Waals surface area (Å²) in [4.78, 5) is 41.3. The van der Waals surface area contributed by atoms with Crippen LogP contribution in [0.25, 0.3) is 10.9 Å². The Morgan fingerprint density at radius 1 is 1.35 bits per heavy atom. The van der Waals surface area contributed by atoms with Crippen molar-refractivity contribution in [1.29, 1.82) is 0 Å². The number of aromatic nitrogens is 2. The van der Waals surface area contributed by atoms with Crippen molar-refractivity contribution in [2.75, 3.05) is 0 Å². The molecule has 1 aromatic carbocycles. The van der Waals surface area contributed by atoms with Crippen LogP contribution in [0.3, 0.4) is 0 Å². The van der Waals surface area contributed by atoms with E-state index in [1.165, 1.54) is 4.57 Å². The van der Waals surface area contributed by atoms with Crippen LogP contribution in [0.1, 0.15) is 31.2 Å². The van der Waals surface area contributed by atoms with E-state index in [-0.39, 0.29) is 30.9 Å². The molecular weight excluding hydrogens is 296 g/mol. The summed E-state index contributed by atoms with van der Waals surface area (Å²) in [6.07, 6.45) is 0.446. The maximum absolute atomic E-state index is 13.1. The van der Waals surface area contributed by atoms with Crippen LogP contribution in [0.4, 0.5) is 0 Å². The van der Waals surface area contributed by atoms with Crippen LogP contribution in [0, 0.1) is 6.92 Å². The van der Waals surface area contributed by atoms with Gasteiger partial charge in [0.05, 0.1) is 10.9 Å². The van der Waals surface area contributed by atoms with Crippen molar-refractivity contribution in [1.82, 2.24) is 14.9 Å². The lowest BCUT2D eigenvalue weighted by molar-refractivity contribution is -0.140. The van der Waals surface area contributed by atoms with E-state index >= 15 is 0 Å². The molecule has 0 aliphatic carbocycles. The van der Waals surface area contributed by atoms with E-state index in [0.29, 0.717) is 22.3 Å². The second-order valence-electron chi connectivity index (χ2n) is 5.97. The monoisotopic (exact) mass is 314 g/mol. The maximum Gasteiger partial charge on any atom is 0.262 e. The van der Waals surface area contributed by atoms with Gasteiger partial charge < -0.3 is 5.73 Å². The molecule has 2 heterocycles. The summed E-state index contributed by atoms with van der Waals surface area (Å²) in [7, 11) is 0. The molecule has 1 aliphatic heterocycles. The molecule has 120 valence electrons.